The van der Waals surface area contributed by atoms with Gasteiger partial charge in [-0.15, -0.1) is 6.58 Å². The summed E-state index contributed by atoms with van der Waals surface area (Å²) >= 11 is 0. The summed E-state index contributed by atoms with van der Waals surface area (Å²) in [5.74, 6) is -0.0552. The first kappa shape index (κ1) is 16.4. The molecule has 1 saturated carbocycles. The Morgan fingerprint density at radius 1 is 1.26 bits per heavy atom. The molecule has 1 rings (SSSR count). The highest BCUT2D eigenvalue weighted by Crippen LogP contribution is 2.36. The quantitative estimate of drug-likeness (QED) is 0.468. The summed E-state index contributed by atoms with van der Waals surface area (Å²) in [5, 5.41) is 29.7. The van der Waals surface area contributed by atoms with Crippen molar-refractivity contribution in [2.75, 3.05) is 0 Å². The van der Waals surface area contributed by atoms with Gasteiger partial charge in [0.25, 0.3) is 0 Å². The summed E-state index contributed by atoms with van der Waals surface area (Å²) in [5.41, 5.74) is 0. The van der Waals surface area contributed by atoms with Gasteiger partial charge in [-0.25, -0.2) is 0 Å². The lowest BCUT2D eigenvalue weighted by molar-refractivity contribution is 0.120. The Labute approximate surface area is 116 Å². The van der Waals surface area contributed by atoms with Crippen molar-refractivity contribution in [2.24, 2.45) is 11.8 Å². The van der Waals surface area contributed by atoms with E-state index in [0.717, 1.165) is 25.7 Å². The maximum absolute atomic E-state index is 9.96. The Kier molecular flexibility index (Phi) is 7.36. The van der Waals surface area contributed by atoms with Crippen molar-refractivity contribution in [2.45, 2.75) is 63.8 Å². The van der Waals surface area contributed by atoms with E-state index in [1.165, 1.54) is 0 Å². The van der Waals surface area contributed by atoms with Gasteiger partial charge in [-0.2, -0.15) is 0 Å². The molecule has 3 N–H and O–H groups in total. The molecule has 0 aromatic carbocycles. The number of hydrogen-bond donors (Lipinski definition) is 3. The molecule has 3 nitrogen and oxygen atoms in total. The Balaban J connectivity index is 2.50. The van der Waals surface area contributed by atoms with Crippen LogP contribution in [-0.4, -0.2) is 33.6 Å². The van der Waals surface area contributed by atoms with Crippen molar-refractivity contribution in [3.8, 4) is 0 Å². The van der Waals surface area contributed by atoms with E-state index in [9.17, 15) is 15.3 Å². The van der Waals surface area contributed by atoms with Crippen LogP contribution in [0.15, 0.2) is 24.8 Å². The summed E-state index contributed by atoms with van der Waals surface area (Å²) in [7, 11) is 0. The third-order valence-corrected chi connectivity index (χ3v) is 4.01. The number of allylic oxidation sites excluding steroid dienone is 1. The van der Waals surface area contributed by atoms with Gasteiger partial charge in [0.1, 0.15) is 0 Å². The molecule has 110 valence electrons. The van der Waals surface area contributed by atoms with E-state index < -0.39 is 18.3 Å². The zero-order valence-corrected chi connectivity index (χ0v) is 11.9. The fraction of sp³-hybridized carbons (Fsp3) is 0.750. The molecule has 0 heterocycles. The lowest BCUT2D eigenvalue weighted by Gasteiger charge is -2.19. The third kappa shape index (κ3) is 5.09. The van der Waals surface area contributed by atoms with E-state index in [1.54, 1.807) is 12.2 Å². The summed E-state index contributed by atoms with van der Waals surface area (Å²) in [6.07, 6.45) is 9.18. The van der Waals surface area contributed by atoms with Crippen LogP contribution in [0.4, 0.5) is 0 Å². The maximum atomic E-state index is 9.96. The Hall–Kier alpha value is -0.640. The molecule has 5 atom stereocenters. The minimum Gasteiger partial charge on any atom is -0.393 e. The highest BCUT2D eigenvalue weighted by Gasteiger charge is 2.39. The lowest BCUT2D eigenvalue weighted by Crippen LogP contribution is -2.20. The van der Waals surface area contributed by atoms with Crippen LogP contribution in [0.3, 0.4) is 0 Å². The molecule has 3 heteroatoms. The first-order valence-electron chi connectivity index (χ1n) is 7.43. The van der Waals surface area contributed by atoms with Crippen LogP contribution >= 0.6 is 0 Å². The van der Waals surface area contributed by atoms with Gasteiger partial charge in [0.15, 0.2) is 0 Å². The average molecular weight is 268 g/mol. The molecule has 19 heavy (non-hydrogen) atoms. The summed E-state index contributed by atoms with van der Waals surface area (Å²) in [6.45, 7) is 5.83. The van der Waals surface area contributed by atoms with Crippen LogP contribution in [-0.2, 0) is 0 Å². The van der Waals surface area contributed by atoms with Gasteiger partial charge in [-0.05, 0) is 18.8 Å². The van der Waals surface area contributed by atoms with E-state index in [2.05, 4.69) is 13.5 Å². The Morgan fingerprint density at radius 3 is 2.63 bits per heavy atom. The predicted octanol–water partition coefficient (Wildman–Crippen LogP) is 2.42. The molecule has 1 aliphatic carbocycles. The van der Waals surface area contributed by atoms with Crippen LogP contribution in [0.5, 0.6) is 0 Å². The topological polar surface area (TPSA) is 60.7 Å². The Bertz CT molecular complexity index is 288. The fourth-order valence-electron chi connectivity index (χ4n) is 2.86. The second-order valence-electron chi connectivity index (χ2n) is 5.58. The number of unbranched alkanes of at least 4 members (excludes halogenated alkanes) is 2. The van der Waals surface area contributed by atoms with Gasteiger partial charge < -0.3 is 15.3 Å². The molecular formula is C16H28O3. The summed E-state index contributed by atoms with van der Waals surface area (Å²) < 4.78 is 0. The highest BCUT2D eigenvalue weighted by molar-refractivity contribution is 5.05. The normalized spacial score (nSPS) is 32.8. The minimum atomic E-state index is -0.515. The number of hydrogen-bond acceptors (Lipinski definition) is 3. The van der Waals surface area contributed by atoms with Gasteiger partial charge in [0, 0.05) is 12.3 Å². The average Bonchev–Trinajstić information content (AvgIpc) is 2.63. The van der Waals surface area contributed by atoms with Crippen molar-refractivity contribution in [3.63, 3.8) is 0 Å². The molecule has 0 aromatic rings. The molecule has 0 radical (unpaired) electrons. The molecule has 0 bridgehead atoms. The van der Waals surface area contributed by atoms with Crippen molar-refractivity contribution in [3.05, 3.63) is 24.8 Å². The van der Waals surface area contributed by atoms with Gasteiger partial charge in [-0.3, -0.25) is 0 Å². The largest absolute Gasteiger partial charge is 0.393 e. The van der Waals surface area contributed by atoms with Gasteiger partial charge in [-0.1, -0.05) is 44.4 Å². The van der Waals surface area contributed by atoms with Crippen LogP contribution in [0.1, 0.15) is 45.4 Å². The SMILES string of the molecule is C=CC[C@@H]1[C@@H](/C=C/[C@@H](O)CCCCC)[C@H](O)C[C@@H]1O. The van der Waals surface area contributed by atoms with Crippen LogP contribution in [0, 0.1) is 11.8 Å². The van der Waals surface area contributed by atoms with Crippen molar-refractivity contribution in [1.82, 2.24) is 0 Å². The van der Waals surface area contributed by atoms with Crippen molar-refractivity contribution >= 4 is 0 Å². The zero-order valence-electron chi connectivity index (χ0n) is 11.9. The van der Waals surface area contributed by atoms with Crippen LogP contribution in [0.2, 0.25) is 0 Å². The second-order valence-corrected chi connectivity index (χ2v) is 5.58. The standard InChI is InChI=1S/C16H28O3/c1-3-5-6-8-12(17)9-10-14-13(7-4-2)15(18)11-16(14)19/h4,9-10,12-19H,2-3,5-8,11H2,1H3/b10-9+/t12-,13+,14+,15-,16+/m0/s1. The first-order chi connectivity index (χ1) is 9.10. The minimum absolute atomic E-state index is 0.0200. The third-order valence-electron chi connectivity index (χ3n) is 4.01. The van der Waals surface area contributed by atoms with Crippen molar-refractivity contribution < 1.29 is 15.3 Å². The number of rotatable bonds is 8. The number of aliphatic hydroxyl groups is 3. The van der Waals surface area contributed by atoms with Gasteiger partial charge >= 0.3 is 0 Å². The molecular weight excluding hydrogens is 240 g/mol. The van der Waals surface area contributed by atoms with E-state index in [-0.39, 0.29) is 11.8 Å². The molecule has 0 amide bonds. The van der Waals surface area contributed by atoms with Crippen LogP contribution in [0.25, 0.3) is 0 Å². The smallest absolute Gasteiger partial charge is 0.0721 e. The molecule has 0 aliphatic heterocycles. The Morgan fingerprint density at radius 2 is 2.00 bits per heavy atom. The first-order valence-corrected chi connectivity index (χ1v) is 7.43. The van der Waals surface area contributed by atoms with E-state index in [1.807, 2.05) is 6.08 Å². The molecule has 0 saturated heterocycles. The zero-order chi connectivity index (χ0) is 14.3. The van der Waals surface area contributed by atoms with E-state index in [4.69, 9.17) is 0 Å². The van der Waals surface area contributed by atoms with E-state index in [0.29, 0.717) is 12.8 Å². The van der Waals surface area contributed by atoms with Crippen molar-refractivity contribution in [1.29, 1.82) is 0 Å². The summed E-state index contributed by atoms with van der Waals surface area (Å²) in [6, 6.07) is 0. The molecule has 1 aliphatic rings. The molecule has 0 unspecified atom stereocenters. The van der Waals surface area contributed by atoms with E-state index >= 15 is 0 Å². The molecule has 1 fully saturated rings. The highest BCUT2D eigenvalue weighted by atomic mass is 16.3. The molecule has 0 spiro atoms. The van der Waals surface area contributed by atoms with Crippen LogP contribution < -0.4 is 0 Å². The number of aliphatic hydroxyl groups excluding tert-OH is 3. The lowest BCUT2D eigenvalue weighted by atomic mass is 9.90. The summed E-state index contributed by atoms with van der Waals surface area (Å²) in [4.78, 5) is 0. The van der Waals surface area contributed by atoms with Gasteiger partial charge in [0.2, 0.25) is 0 Å². The second kappa shape index (κ2) is 8.51. The fourth-order valence-corrected chi connectivity index (χ4v) is 2.86. The molecule has 0 aromatic heterocycles. The van der Waals surface area contributed by atoms with Gasteiger partial charge in [0.05, 0.1) is 18.3 Å². The predicted molar refractivity (Wildman–Crippen MR) is 77.7 cm³/mol. The maximum Gasteiger partial charge on any atom is 0.0721 e. The monoisotopic (exact) mass is 268 g/mol.